The standard InChI is InChI=1S/C71H137NO5/c1-3-5-7-9-11-13-15-17-19-35-39-43-47-51-55-59-63-69(74)68(67-73)72-70(75)64-60-56-52-48-44-40-36-33-31-29-27-25-23-21-22-24-26-28-30-32-34-38-42-46-50-54-58-62-66-77-71(76)65-61-57-53-49-45-41-37-20-18-16-14-12-10-8-6-4-2/h14,16,20,37,68-69,73-74H,3-13,15,17-19,21-36,38-67H2,1-2H3,(H,72,75)/b16-14-,37-20-. The van der Waals surface area contributed by atoms with Crippen LogP contribution in [0.2, 0.25) is 0 Å². The fourth-order valence-electron chi connectivity index (χ4n) is 11.1. The van der Waals surface area contributed by atoms with Crippen LogP contribution in [0.4, 0.5) is 0 Å². The maximum Gasteiger partial charge on any atom is 0.305 e. The first-order valence-electron chi connectivity index (χ1n) is 35.1. The number of esters is 1. The van der Waals surface area contributed by atoms with E-state index in [-0.39, 0.29) is 18.5 Å². The van der Waals surface area contributed by atoms with Crippen molar-refractivity contribution in [3.05, 3.63) is 24.3 Å². The quantitative estimate of drug-likeness (QED) is 0.0320. The third kappa shape index (κ3) is 63.4. The Balaban J connectivity index is 3.34. The summed E-state index contributed by atoms with van der Waals surface area (Å²) in [7, 11) is 0. The van der Waals surface area contributed by atoms with E-state index < -0.39 is 12.1 Å². The lowest BCUT2D eigenvalue weighted by Gasteiger charge is -2.22. The minimum Gasteiger partial charge on any atom is -0.466 e. The van der Waals surface area contributed by atoms with Crippen LogP contribution in [0.1, 0.15) is 393 Å². The largest absolute Gasteiger partial charge is 0.466 e. The van der Waals surface area contributed by atoms with E-state index in [1.54, 1.807) is 0 Å². The molecule has 0 rings (SSSR count). The first-order chi connectivity index (χ1) is 38.0. The Bertz CT molecular complexity index is 1200. The number of carbonyl (C=O) groups is 2. The summed E-state index contributed by atoms with van der Waals surface area (Å²) in [5.41, 5.74) is 0. The number of aliphatic hydroxyl groups excluding tert-OH is 2. The molecule has 0 aromatic carbocycles. The van der Waals surface area contributed by atoms with Crippen LogP contribution in [-0.2, 0) is 14.3 Å². The number of ether oxygens (including phenoxy) is 1. The number of rotatable bonds is 66. The molecule has 0 bridgehead atoms. The molecule has 0 saturated heterocycles. The number of carbonyl (C=O) groups excluding carboxylic acids is 2. The van der Waals surface area contributed by atoms with Gasteiger partial charge in [0.1, 0.15) is 0 Å². The van der Waals surface area contributed by atoms with Gasteiger partial charge in [0.05, 0.1) is 25.4 Å². The van der Waals surface area contributed by atoms with Gasteiger partial charge in [0, 0.05) is 12.8 Å². The molecule has 0 aliphatic rings. The number of unbranched alkanes of at least 4 members (excludes halogenated alkanes) is 51. The predicted octanol–water partition coefficient (Wildman–Crippen LogP) is 22.5. The van der Waals surface area contributed by atoms with Crippen molar-refractivity contribution >= 4 is 11.9 Å². The molecular formula is C71H137NO5. The van der Waals surface area contributed by atoms with Gasteiger partial charge in [0.15, 0.2) is 0 Å². The van der Waals surface area contributed by atoms with E-state index in [9.17, 15) is 19.8 Å². The lowest BCUT2D eigenvalue weighted by molar-refractivity contribution is -0.143. The molecule has 0 aliphatic heterocycles. The van der Waals surface area contributed by atoms with E-state index in [0.717, 1.165) is 51.4 Å². The Hall–Kier alpha value is -1.66. The maximum atomic E-state index is 12.5. The third-order valence-corrected chi connectivity index (χ3v) is 16.5. The molecule has 1 amide bonds. The summed E-state index contributed by atoms with van der Waals surface area (Å²) in [6.07, 6.45) is 83.7. The Labute approximate surface area is 481 Å². The lowest BCUT2D eigenvalue weighted by atomic mass is 10.0. The van der Waals surface area contributed by atoms with E-state index in [0.29, 0.717) is 25.9 Å². The van der Waals surface area contributed by atoms with Crippen molar-refractivity contribution in [3.8, 4) is 0 Å². The van der Waals surface area contributed by atoms with E-state index in [2.05, 4.69) is 43.5 Å². The monoisotopic (exact) mass is 1080 g/mol. The Morgan fingerprint density at radius 2 is 0.649 bits per heavy atom. The predicted molar refractivity (Wildman–Crippen MR) is 338 cm³/mol. The van der Waals surface area contributed by atoms with Crippen LogP contribution in [0.5, 0.6) is 0 Å². The smallest absolute Gasteiger partial charge is 0.305 e. The van der Waals surface area contributed by atoms with Crippen molar-refractivity contribution in [1.82, 2.24) is 5.32 Å². The van der Waals surface area contributed by atoms with E-state index in [4.69, 9.17) is 4.74 Å². The molecule has 456 valence electrons. The third-order valence-electron chi connectivity index (χ3n) is 16.5. The van der Waals surface area contributed by atoms with Crippen molar-refractivity contribution in [2.45, 2.75) is 405 Å². The van der Waals surface area contributed by atoms with Crippen LogP contribution in [0.15, 0.2) is 24.3 Å². The topological polar surface area (TPSA) is 95.9 Å². The van der Waals surface area contributed by atoms with E-state index in [1.807, 2.05) is 0 Å². The number of aliphatic hydroxyl groups is 2. The molecule has 0 heterocycles. The summed E-state index contributed by atoms with van der Waals surface area (Å²) in [6, 6.07) is -0.539. The summed E-state index contributed by atoms with van der Waals surface area (Å²) in [4.78, 5) is 24.6. The van der Waals surface area contributed by atoms with Gasteiger partial charge in [-0.05, 0) is 57.8 Å². The second-order valence-corrected chi connectivity index (χ2v) is 24.2. The first kappa shape index (κ1) is 75.3. The number of allylic oxidation sites excluding steroid dienone is 4. The highest BCUT2D eigenvalue weighted by Crippen LogP contribution is 2.19. The average Bonchev–Trinajstić information content (AvgIpc) is 3.43. The van der Waals surface area contributed by atoms with Crippen molar-refractivity contribution in [2.75, 3.05) is 13.2 Å². The molecule has 6 nitrogen and oxygen atoms in total. The SMILES string of the molecule is CCCCCC/C=C\C/C=C\CCCCCCCC(=O)OCCCCCCCCCCCCCCCCCCCCCCCCCCCCCCC(=O)NC(CO)C(O)CCCCCCCCCCCCCCCCCC. The van der Waals surface area contributed by atoms with Crippen molar-refractivity contribution in [2.24, 2.45) is 0 Å². The zero-order valence-corrected chi connectivity index (χ0v) is 52.2. The Morgan fingerprint density at radius 1 is 0.364 bits per heavy atom. The number of amides is 1. The first-order valence-corrected chi connectivity index (χ1v) is 35.1. The maximum absolute atomic E-state index is 12.5. The van der Waals surface area contributed by atoms with Gasteiger partial charge in [0.25, 0.3) is 0 Å². The number of hydrogen-bond acceptors (Lipinski definition) is 5. The van der Waals surface area contributed by atoms with Gasteiger partial charge in [-0.15, -0.1) is 0 Å². The lowest BCUT2D eigenvalue weighted by Crippen LogP contribution is -2.45. The van der Waals surface area contributed by atoms with Gasteiger partial charge in [-0.3, -0.25) is 9.59 Å². The molecule has 0 fully saturated rings. The highest BCUT2D eigenvalue weighted by molar-refractivity contribution is 5.76. The molecule has 77 heavy (non-hydrogen) atoms. The molecule has 6 heteroatoms. The van der Waals surface area contributed by atoms with Crippen molar-refractivity contribution in [3.63, 3.8) is 0 Å². The van der Waals surface area contributed by atoms with E-state index in [1.165, 1.54) is 308 Å². The molecule has 3 N–H and O–H groups in total. The van der Waals surface area contributed by atoms with Crippen LogP contribution < -0.4 is 5.32 Å². The zero-order valence-electron chi connectivity index (χ0n) is 52.2. The van der Waals surface area contributed by atoms with Crippen LogP contribution in [0, 0.1) is 0 Å². The van der Waals surface area contributed by atoms with Crippen LogP contribution in [0.25, 0.3) is 0 Å². The van der Waals surface area contributed by atoms with Gasteiger partial charge in [-0.25, -0.2) is 0 Å². The Morgan fingerprint density at radius 3 is 1.00 bits per heavy atom. The van der Waals surface area contributed by atoms with Crippen LogP contribution >= 0.6 is 0 Å². The second kappa shape index (κ2) is 66.8. The molecule has 2 unspecified atom stereocenters. The fourth-order valence-corrected chi connectivity index (χ4v) is 11.1. The molecular weight excluding hydrogens is 947 g/mol. The summed E-state index contributed by atoms with van der Waals surface area (Å²) >= 11 is 0. The summed E-state index contributed by atoms with van der Waals surface area (Å²) in [5.74, 6) is -0.0227. The summed E-state index contributed by atoms with van der Waals surface area (Å²) in [6.45, 7) is 4.96. The fraction of sp³-hybridized carbons (Fsp3) is 0.915. The highest BCUT2D eigenvalue weighted by atomic mass is 16.5. The average molecular weight is 1080 g/mol. The van der Waals surface area contributed by atoms with Gasteiger partial charge >= 0.3 is 5.97 Å². The molecule has 0 radical (unpaired) electrons. The normalized spacial score (nSPS) is 12.6. The molecule has 2 atom stereocenters. The molecule has 0 aliphatic carbocycles. The second-order valence-electron chi connectivity index (χ2n) is 24.2. The minimum atomic E-state index is -0.662. The van der Waals surface area contributed by atoms with Crippen LogP contribution in [0.3, 0.4) is 0 Å². The van der Waals surface area contributed by atoms with Crippen molar-refractivity contribution < 1.29 is 24.5 Å². The molecule has 0 aromatic rings. The van der Waals surface area contributed by atoms with Crippen LogP contribution in [-0.4, -0.2) is 47.4 Å². The highest BCUT2D eigenvalue weighted by Gasteiger charge is 2.20. The molecule has 0 spiro atoms. The van der Waals surface area contributed by atoms with Gasteiger partial charge in [-0.2, -0.15) is 0 Å². The van der Waals surface area contributed by atoms with E-state index >= 15 is 0 Å². The van der Waals surface area contributed by atoms with Gasteiger partial charge in [-0.1, -0.05) is 346 Å². The minimum absolute atomic E-state index is 0.00598. The number of hydrogen-bond donors (Lipinski definition) is 3. The van der Waals surface area contributed by atoms with Crippen molar-refractivity contribution in [1.29, 1.82) is 0 Å². The summed E-state index contributed by atoms with van der Waals surface area (Å²) < 4.78 is 5.49. The zero-order chi connectivity index (χ0) is 55.7. The molecule has 0 aromatic heterocycles. The molecule has 0 saturated carbocycles. The number of nitrogens with one attached hydrogen (secondary N) is 1. The van der Waals surface area contributed by atoms with Gasteiger partial charge < -0.3 is 20.3 Å². The summed E-state index contributed by atoms with van der Waals surface area (Å²) in [5, 5.41) is 23.4. The Kier molecular flexibility index (Phi) is 65.4. The van der Waals surface area contributed by atoms with Gasteiger partial charge in [0.2, 0.25) is 5.91 Å².